The molecule has 4 nitrogen and oxygen atoms in total. The van der Waals surface area contributed by atoms with Crippen molar-refractivity contribution in [2.75, 3.05) is 12.3 Å². The highest BCUT2D eigenvalue weighted by Gasteiger charge is 2.17. The molecule has 0 unspecified atom stereocenters. The summed E-state index contributed by atoms with van der Waals surface area (Å²) in [5.74, 6) is -0.177. The maximum Gasteiger partial charge on any atom is 0.263 e. The Morgan fingerprint density at radius 1 is 1.07 bits per heavy atom. The van der Waals surface area contributed by atoms with Crippen molar-refractivity contribution >= 4 is 44.7 Å². The largest absolute Gasteiger partial charge is 0.397 e. The maximum atomic E-state index is 12.6. The van der Waals surface area contributed by atoms with Gasteiger partial charge in [-0.3, -0.25) is 4.79 Å². The van der Waals surface area contributed by atoms with Gasteiger partial charge in [0, 0.05) is 22.5 Å². The number of thiophene rings is 1. The number of hydrogen-bond donors (Lipinski definition) is 2. The monoisotopic (exact) mass is 407 g/mol. The zero-order valence-electron chi connectivity index (χ0n) is 15.0. The van der Waals surface area contributed by atoms with Gasteiger partial charge in [-0.15, -0.1) is 11.3 Å². The average molecular weight is 408 g/mol. The number of carbonyl (C=O) groups is 1. The molecule has 0 saturated carbocycles. The molecule has 4 rings (SSSR count). The minimum atomic E-state index is -0.177. The minimum absolute atomic E-state index is 0.177. The van der Waals surface area contributed by atoms with E-state index in [2.05, 4.69) is 5.32 Å². The molecule has 0 spiro atoms. The number of pyridine rings is 1. The van der Waals surface area contributed by atoms with E-state index in [1.807, 2.05) is 66.7 Å². The summed E-state index contributed by atoms with van der Waals surface area (Å²) < 4.78 is 0. The first-order valence-corrected chi connectivity index (χ1v) is 10.1. The zero-order valence-corrected chi connectivity index (χ0v) is 16.6. The Balaban J connectivity index is 1.51. The van der Waals surface area contributed by atoms with Gasteiger partial charge in [-0.1, -0.05) is 54.1 Å². The Morgan fingerprint density at radius 3 is 2.68 bits per heavy atom. The van der Waals surface area contributed by atoms with Crippen LogP contribution in [-0.2, 0) is 6.42 Å². The van der Waals surface area contributed by atoms with Crippen molar-refractivity contribution in [3.63, 3.8) is 0 Å². The summed E-state index contributed by atoms with van der Waals surface area (Å²) in [6, 6.07) is 21.4. The number of fused-ring (bicyclic) bond motifs is 1. The van der Waals surface area contributed by atoms with Crippen LogP contribution in [0.2, 0.25) is 5.02 Å². The predicted molar refractivity (Wildman–Crippen MR) is 117 cm³/mol. The lowest BCUT2D eigenvalue weighted by Gasteiger charge is -2.05. The van der Waals surface area contributed by atoms with Gasteiger partial charge < -0.3 is 11.1 Å². The summed E-state index contributed by atoms with van der Waals surface area (Å²) in [6.45, 7) is 0.509. The number of nitrogens with one attached hydrogen (secondary N) is 1. The van der Waals surface area contributed by atoms with Crippen LogP contribution in [0.3, 0.4) is 0 Å². The quantitative estimate of drug-likeness (QED) is 0.479. The Morgan fingerprint density at radius 2 is 1.89 bits per heavy atom. The van der Waals surface area contributed by atoms with Crippen molar-refractivity contribution in [3.8, 4) is 11.3 Å². The number of halogens is 1. The zero-order chi connectivity index (χ0) is 19.5. The number of nitrogens with zero attached hydrogens (tertiary/aromatic N) is 1. The lowest BCUT2D eigenvalue weighted by atomic mass is 10.1. The molecule has 0 aliphatic carbocycles. The second-order valence-corrected chi connectivity index (χ2v) is 7.83. The van der Waals surface area contributed by atoms with Crippen molar-refractivity contribution in [3.05, 3.63) is 82.2 Å². The van der Waals surface area contributed by atoms with Gasteiger partial charge >= 0.3 is 0 Å². The smallest absolute Gasteiger partial charge is 0.263 e. The van der Waals surface area contributed by atoms with Crippen molar-refractivity contribution in [1.29, 1.82) is 0 Å². The van der Waals surface area contributed by atoms with Crippen LogP contribution in [0.15, 0.2) is 66.7 Å². The van der Waals surface area contributed by atoms with Gasteiger partial charge in [-0.25, -0.2) is 4.98 Å². The van der Waals surface area contributed by atoms with Gasteiger partial charge in [-0.2, -0.15) is 0 Å². The molecule has 0 fully saturated rings. The topological polar surface area (TPSA) is 68.0 Å². The highest BCUT2D eigenvalue weighted by molar-refractivity contribution is 7.21. The van der Waals surface area contributed by atoms with E-state index in [1.54, 1.807) is 0 Å². The Hall–Kier alpha value is -2.89. The van der Waals surface area contributed by atoms with E-state index < -0.39 is 0 Å². The molecule has 0 aliphatic rings. The first-order chi connectivity index (χ1) is 13.6. The van der Waals surface area contributed by atoms with E-state index in [-0.39, 0.29) is 5.91 Å². The highest BCUT2D eigenvalue weighted by atomic mass is 35.5. The average Bonchev–Trinajstić information content (AvgIpc) is 3.05. The normalized spacial score (nSPS) is 10.9. The number of nitrogen functional groups attached to an aromatic ring is 1. The Labute approximate surface area is 172 Å². The van der Waals surface area contributed by atoms with Crippen LogP contribution in [0.4, 0.5) is 5.69 Å². The van der Waals surface area contributed by atoms with Crippen LogP contribution in [-0.4, -0.2) is 17.4 Å². The van der Waals surface area contributed by atoms with E-state index in [0.29, 0.717) is 28.6 Å². The molecule has 3 N–H and O–H groups in total. The van der Waals surface area contributed by atoms with Crippen LogP contribution in [0.5, 0.6) is 0 Å². The first-order valence-electron chi connectivity index (χ1n) is 8.89. The lowest BCUT2D eigenvalue weighted by molar-refractivity contribution is 0.0959. The molecule has 0 bridgehead atoms. The van der Waals surface area contributed by atoms with Crippen LogP contribution >= 0.6 is 22.9 Å². The van der Waals surface area contributed by atoms with Gasteiger partial charge in [0.1, 0.15) is 9.71 Å². The van der Waals surface area contributed by atoms with E-state index in [0.717, 1.165) is 27.0 Å². The number of hydrogen-bond acceptors (Lipinski definition) is 4. The highest BCUT2D eigenvalue weighted by Crippen LogP contribution is 2.34. The lowest BCUT2D eigenvalue weighted by Crippen LogP contribution is -2.25. The van der Waals surface area contributed by atoms with Crippen molar-refractivity contribution < 1.29 is 4.79 Å². The molecule has 2 aromatic carbocycles. The summed E-state index contributed by atoms with van der Waals surface area (Å²) in [7, 11) is 0. The van der Waals surface area contributed by atoms with Crippen LogP contribution in [0.1, 0.15) is 15.2 Å². The van der Waals surface area contributed by atoms with E-state index in [9.17, 15) is 4.79 Å². The molecule has 0 atom stereocenters. The molecule has 0 saturated heterocycles. The SMILES string of the molecule is Nc1c(C(=O)NCCc2cccc(Cl)c2)sc2nc(-c3ccccc3)ccc12. The first kappa shape index (κ1) is 18.5. The molecular weight excluding hydrogens is 390 g/mol. The molecule has 140 valence electrons. The summed E-state index contributed by atoms with van der Waals surface area (Å²) in [5.41, 5.74) is 9.67. The number of anilines is 1. The number of carbonyl (C=O) groups excluding carboxylic acids is 1. The predicted octanol–water partition coefficient (Wildman–Crippen LogP) is 5.17. The standard InChI is InChI=1S/C22H18ClN3OS/c23-16-8-4-5-14(13-16)11-12-25-21(27)20-19(24)17-9-10-18(26-22(17)28-20)15-6-2-1-3-7-15/h1-10,13H,11-12,24H2,(H,25,27). The molecule has 2 heterocycles. The molecule has 4 aromatic rings. The van der Waals surface area contributed by atoms with Crippen LogP contribution in [0.25, 0.3) is 21.5 Å². The third-order valence-electron chi connectivity index (χ3n) is 4.46. The molecule has 28 heavy (non-hydrogen) atoms. The number of nitrogens with two attached hydrogens (primary N) is 1. The molecular formula is C22H18ClN3OS. The second kappa shape index (κ2) is 8.00. The van der Waals surface area contributed by atoms with E-state index in [1.165, 1.54) is 11.3 Å². The fourth-order valence-corrected chi connectivity index (χ4v) is 4.25. The maximum absolute atomic E-state index is 12.6. The van der Waals surface area contributed by atoms with Crippen molar-refractivity contribution in [1.82, 2.24) is 10.3 Å². The van der Waals surface area contributed by atoms with Gasteiger partial charge in [0.2, 0.25) is 0 Å². The fourth-order valence-electron chi connectivity index (χ4n) is 3.03. The second-order valence-electron chi connectivity index (χ2n) is 6.40. The van der Waals surface area contributed by atoms with Gasteiger partial charge in [-0.05, 0) is 36.2 Å². The number of aromatic nitrogens is 1. The van der Waals surface area contributed by atoms with Crippen molar-refractivity contribution in [2.24, 2.45) is 0 Å². The third-order valence-corrected chi connectivity index (χ3v) is 5.81. The molecule has 6 heteroatoms. The third kappa shape index (κ3) is 3.86. The molecule has 0 radical (unpaired) electrons. The Kier molecular flexibility index (Phi) is 5.28. The summed E-state index contributed by atoms with van der Waals surface area (Å²) in [4.78, 5) is 18.6. The van der Waals surface area contributed by atoms with Crippen molar-refractivity contribution in [2.45, 2.75) is 6.42 Å². The molecule has 1 amide bonds. The number of rotatable bonds is 5. The van der Waals surface area contributed by atoms with Gasteiger partial charge in [0.05, 0.1) is 11.4 Å². The van der Waals surface area contributed by atoms with Crippen LogP contribution in [0, 0.1) is 0 Å². The van der Waals surface area contributed by atoms with Crippen LogP contribution < -0.4 is 11.1 Å². The van der Waals surface area contributed by atoms with E-state index >= 15 is 0 Å². The summed E-state index contributed by atoms with van der Waals surface area (Å²) >= 11 is 7.32. The summed E-state index contributed by atoms with van der Waals surface area (Å²) in [6.07, 6.45) is 0.702. The number of benzene rings is 2. The Bertz CT molecular complexity index is 1140. The van der Waals surface area contributed by atoms with Gasteiger partial charge in [0.15, 0.2) is 0 Å². The van der Waals surface area contributed by atoms with E-state index in [4.69, 9.17) is 22.3 Å². The molecule has 2 aromatic heterocycles. The molecule has 0 aliphatic heterocycles. The number of amides is 1. The van der Waals surface area contributed by atoms with Gasteiger partial charge in [0.25, 0.3) is 5.91 Å². The summed E-state index contributed by atoms with van der Waals surface area (Å²) in [5, 5.41) is 4.44. The fraction of sp³-hybridized carbons (Fsp3) is 0.0909. The minimum Gasteiger partial charge on any atom is -0.397 e.